The third-order valence-electron chi connectivity index (χ3n) is 5.40. The summed E-state index contributed by atoms with van der Waals surface area (Å²) in [6.07, 6.45) is -16.3. The predicted octanol–water partition coefficient (Wildman–Crippen LogP) is 2.18. The van der Waals surface area contributed by atoms with E-state index in [1.54, 1.807) is 0 Å². The highest BCUT2D eigenvalue weighted by Gasteiger charge is 2.45. The zero-order valence-corrected chi connectivity index (χ0v) is 19.9. The average molecular weight is 531 g/mol. The van der Waals surface area contributed by atoms with Crippen LogP contribution in [-0.4, -0.2) is 83.4 Å². The van der Waals surface area contributed by atoms with E-state index in [0.717, 1.165) is 17.8 Å². The van der Waals surface area contributed by atoms with Crippen molar-refractivity contribution in [3.05, 3.63) is 35.1 Å². The number of ether oxygens (including phenoxy) is 1. The minimum absolute atomic E-state index is 0.0911. The van der Waals surface area contributed by atoms with Crippen molar-refractivity contribution >= 4 is 28.7 Å². The highest BCUT2D eigenvalue weighted by Crippen LogP contribution is 2.44. The van der Waals surface area contributed by atoms with E-state index in [1.807, 2.05) is 6.92 Å². The maximum Gasteiger partial charge on any atom is 0.191 e. The molecular formula is C24H31FN6O4S. The maximum absolute atomic E-state index is 14.4. The van der Waals surface area contributed by atoms with Crippen LogP contribution in [-0.2, 0) is 4.74 Å². The van der Waals surface area contributed by atoms with Crippen LogP contribution in [0.2, 0.25) is 0 Å². The molecule has 2 aliphatic carbocycles. The summed E-state index contributed by atoms with van der Waals surface area (Å²) in [7, 11) is 0. The fraction of sp³-hybridized carbons (Fsp3) is 0.583. The summed E-state index contributed by atoms with van der Waals surface area (Å²) in [4.78, 5) is 8.56. The normalized spacial score (nSPS) is 46.9. The third-order valence-corrected chi connectivity index (χ3v) is 6.46. The number of nitrogens with zero attached hydrogens (tertiary/aromatic N) is 5. The second kappa shape index (κ2) is 10.5. The van der Waals surface area contributed by atoms with Gasteiger partial charge in [0.25, 0.3) is 0 Å². The standard InChI is InChI=1S/C24H31FN6O4S/c1-3-8-36-24-27-22(26-16-10-14(16)13-5-4-12(2)15(25)9-13)19-23(28-24)31(30-29-19)17-11-18(35-7-6-32)21(34)20(17)33/h4-5,9,14,16-18,20-21,32-34H,3,6-8,10-11H2,1-2H3,(H,26,27,28)/t14-,16+,17+,18-,20-,21+/m0/s1/i6D2,7D2,11D2,14D,16D,17D,18D,20D,21D. The fourth-order valence-electron chi connectivity index (χ4n) is 3.49. The van der Waals surface area contributed by atoms with Crippen LogP contribution in [0.15, 0.2) is 23.4 Å². The Bertz CT molecular complexity index is 1780. The summed E-state index contributed by atoms with van der Waals surface area (Å²) in [5.41, 5.74) is -0.530. The zero-order valence-electron chi connectivity index (χ0n) is 31.1. The first-order valence-electron chi connectivity index (χ1n) is 16.9. The Labute approximate surface area is 229 Å². The SMILES string of the molecule is [2H]C([2H])(O)C([2H])([2H])O[C@@]1([2H])C([2H])([2H])[C@@]([2H])(n2nnc3c(N[C@]4([2H])C[C@@]4([2H])c4ccc(C)c(F)c4)nc(SCCC)nc32)[C@]([2H])(O)[C@]1([2H])O. The average Bonchev–Trinajstić information content (AvgIpc) is 3.26. The van der Waals surface area contributed by atoms with Crippen LogP contribution < -0.4 is 5.32 Å². The molecule has 2 saturated carbocycles. The van der Waals surface area contributed by atoms with Crippen molar-refractivity contribution in [1.82, 2.24) is 25.0 Å². The molecule has 3 aromatic rings. The molecule has 2 aliphatic rings. The van der Waals surface area contributed by atoms with E-state index in [2.05, 4.69) is 30.3 Å². The van der Waals surface area contributed by atoms with Gasteiger partial charge in [-0.2, -0.15) is 0 Å². The molecule has 4 N–H and O–H groups in total. The van der Waals surface area contributed by atoms with Crippen molar-refractivity contribution in [2.45, 2.75) is 74.4 Å². The number of aryl methyl sites for hydroxylation is 1. The van der Waals surface area contributed by atoms with Crippen LogP contribution >= 0.6 is 11.8 Å². The Morgan fingerprint density at radius 3 is 2.94 bits per heavy atom. The molecule has 10 nitrogen and oxygen atoms in total. The number of thioether (sulfide) groups is 1. The predicted molar refractivity (Wildman–Crippen MR) is 133 cm³/mol. The van der Waals surface area contributed by atoms with E-state index in [-0.39, 0.29) is 27.6 Å². The lowest BCUT2D eigenvalue weighted by molar-refractivity contribution is -0.0629. The van der Waals surface area contributed by atoms with Crippen molar-refractivity contribution in [2.24, 2.45) is 0 Å². The molecule has 2 heterocycles. The fourth-order valence-corrected chi connectivity index (χ4v) is 4.18. The Morgan fingerprint density at radius 1 is 1.36 bits per heavy atom. The molecule has 0 amide bonds. The zero-order chi connectivity index (χ0) is 36.3. The Hall–Kier alpha value is -2.38. The van der Waals surface area contributed by atoms with Gasteiger partial charge < -0.3 is 25.4 Å². The van der Waals surface area contributed by atoms with Gasteiger partial charge >= 0.3 is 0 Å². The number of anilines is 1. The van der Waals surface area contributed by atoms with Crippen LogP contribution in [0.4, 0.5) is 10.2 Å². The van der Waals surface area contributed by atoms with Crippen LogP contribution in [0.3, 0.4) is 0 Å². The summed E-state index contributed by atoms with van der Waals surface area (Å²) in [6.45, 7) is -4.64. The number of halogens is 1. The number of benzene rings is 1. The van der Waals surface area contributed by atoms with E-state index >= 15 is 0 Å². The number of nitrogens with one attached hydrogen (secondary N) is 1. The van der Waals surface area contributed by atoms with Crippen LogP contribution in [0.25, 0.3) is 11.2 Å². The number of hydrogen-bond donors (Lipinski definition) is 4. The molecule has 2 fully saturated rings. The first kappa shape index (κ1) is 14.5. The van der Waals surface area contributed by atoms with E-state index in [0.29, 0.717) is 17.7 Å². The maximum atomic E-state index is 14.4. The van der Waals surface area contributed by atoms with Crippen molar-refractivity contribution in [2.75, 3.05) is 24.2 Å². The number of fused-ring (bicyclic) bond motifs is 1. The molecule has 1 aromatic carbocycles. The first-order valence-corrected chi connectivity index (χ1v) is 11.9. The summed E-state index contributed by atoms with van der Waals surface area (Å²) in [6, 6.07) is -1.59. The molecule has 0 spiro atoms. The summed E-state index contributed by atoms with van der Waals surface area (Å²) in [5, 5.41) is 42.1. The summed E-state index contributed by atoms with van der Waals surface area (Å²) in [5.74, 6) is -2.14. The summed E-state index contributed by atoms with van der Waals surface area (Å²) >= 11 is 1.04. The quantitative estimate of drug-likeness (QED) is 0.228. The lowest BCUT2D eigenvalue weighted by Gasteiger charge is -2.17. The number of aromatic nitrogens is 5. The molecular weight excluding hydrogens is 487 g/mol. The van der Waals surface area contributed by atoms with Gasteiger partial charge in [-0.3, -0.25) is 0 Å². The smallest absolute Gasteiger partial charge is 0.191 e. The van der Waals surface area contributed by atoms with Gasteiger partial charge in [-0.25, -0.2) is 19.0 Å². The number of hydrogen-bond acceptors (Lipinski definition) is 10. The Kier molecular flexibility index (Phi) is 4.25. The second-order valence-corrected chi connectivity index (χ2v) is 8.98. The van der Waals surface area contributed by atoms with Crippen molar-refractivity contribution in [3.8, 4) is 0 Å². The molecule has 0 bridgehead atoms. The van der Waals surface area contributed by atoms with Gasteiger partial charge in [0.05, 0.1) is 37.6 Å². The van der Waals surface area contributed by atoms with Gasteiger partial charge in [0, 0.05) is 28.1 Å². The molecule has 0 saturated heterocycles. The third kappa shape index (κ3) is 4.92. The molecule has 5 rings (SSSR count). The van der Waals surface area contributed by atoms with E-state index < -0.39 is 72.6 Å². The van der Waals surface area contributed by atoms with Crippen molar-refractivity contribution < 1.29 is 40.9 Å². The van der Waals surface area contributed by atoms with Gasteiger partial charge in [0.15, 0.2) is 22.1 Å². The van der Waals surface area contributed by atoms with Crippen molar-refractivity contribution in [3.63, 3.8) is 0 Å². The number of rotatable bonds is 10. The Balaban J connectivity index is 1.67. The highest BCUT2D eigenvalue weighted by atomic mass is 32.2. The molecule has 6 atom stereocenters. The largest absolute Gasteiger partial charge is 0.394 e. The lowest BCUT2D eigenvalue weighted by atomic mass is 10.1. The highest BCUT2D eigenvalue weighted by molar-refractivity contribution is 7.99. The van der Waals surface area contributed by atoms with Gasteiger partial charge in [0.1, 0.15) is 18.0 Å². The lowest BCUT2D eigenvalue weighted by Crippen LogP contribution is -2.33. The molecule has 0 unspecified atom stereocenters. The second-order valence-electron chi connectivity index (χ2n) is 7.92. The summed E-state index contributed by atoms with van der Waals surface area (Å²) < 4.78 is 119. The van der Waals surface area contributed by atoms with E-state index in [4.69, 9.17) is 16.4 Å². The molecule has 12 heteroatoms. The van der Waals surface area contributed by atoms with Crippen LogP contribution in [0.5, 0.6) is 0 Å². The van der Waals surface area contributed by atoms with Gasteiger partial charge in [0.2, 0.25) is 0 Å². The van der Waals surface area contributed by atoms with Crippen molar-refractivity contribution in [1.29, 1.82) is 0 Å². The molecule has 0 aliphatic heterocycles. The topological polar surface area (TPSA) is 138 Å². The molecule has 36 heavy (non-hydrogen) atoms. The Morgan fingerprint density at radius 2 is 2.19 bits per heavy atom. The minimum Gasteiger partial charge on any atom is -0.394 e. The van der Waals surface area contributed by atoms with Gasteiger partial charge in [-0.15, -0.1) is 5.10 Å². The van der Waals surface area contributed by atoms with Gasteiger partial charge in [-0.1, -0.05) is 36.0 Å². The van der Waals surface area contributed by atoms with Gasteiger partial charge in [-0.05, 0) is 37.0 Å². The number of aliphatic hydroxyl groups is 3. The van der Waals surface area contributed by atoms with Crippen LogP contribution in [0, 0.1) is 12.7 Å². The first-order chi connectivity index (χ1) is 21.7. The van der Waals surface area contributed by atoms with Crippen LogP contribution in [0.1, 0.15) is 65.6 Å². The minimum atomic E-state index is -4.29. The monoisotopic (exact) mass is 530 g/mol. The molecule has 0 radical (unpaired) electrons. The molecule has 2 aromatic heterocycles. The van der Waals surface area contributed by atoms with E-state index in [9.17, 15) is 19.7 Å². The molecule has 194 valence electrons. The van der Waals surface area contributed by atoms with E-state index in [1.165, 1.54) is 19.1 Å².